The monoisotopic (exact) mass is 390 g/mol. The molecule has 3 rings (SSSR count). The van der Waals surface area contributed by atoms with Crippen LogP contribution in [0.1, 0.15) is 12.8 Å². The number of ether oxygens (including phenoxy) is 2. The van der Waals surface area contributed by atoms with E-state index < -0.39 is 0 Å². The smallest absolute Gasteiger partial charge is 0.227 e. The Kier molecular flexibility index (Phi) is 5.37. The second-order valence-electron chi connectivity index (χ2n) is 5.63. The third-order valence-corrected chi connectivity index (χ3v) is 4.57. The lowest BCUT2D eigenvalue weighted by molar-refractivity contribution is -0.122. The van der Waals surface area contributed by atoms with E-state index in [0.29, 0.717) is 48.9 Å². The topological polar surface area (TPSA) is 73.6 Å². The second-order valence-corrected chi connectivity index (χ2v) is 6.49. The van der Waals surface area contributed by atoms with E-state index in [1.165, 1.54) is 0 Å². The number of rotatable bonds is 4. The van der Waals surface area contributed by atoms with Crippen LogP contribution in [0, 0.1) is 5.92 Å². The molecule has 2 aromatic rings. The molecule has 0 atom stereocenters. The maximum atomic E-state index is 12.5. The lowest BCUT2D eigenvalue weighted by Crippen LogP contribution is -2.29. The molecule has 0 bridgehead atoms. The number of carbonyl (C=O) groups excluding carboxylic acids is 1. The molecule has 0 unspecified atom stereocenters. The largest absolute Gasteiger partial charge is 0.454 e. The molecule has 1 fully saturated rings. The van der Waals surface area contributed by atoms with E-state index in [9.17, 15) is 4.79 Å². The summed E-state index contributed by atoms with van der Waals surface area (Å²) in [5.41, 5.74) is 7.03. The number of hydrogen-bond acceptors (Lipinski definition) is 4. The van der Waals surface area contributed by atoms with Crippen molar-refractivity contribution < 1.29 is 14.3 Å². The summed E-state index contributed by atoms with van der Waals surface area (Å²) in [6.07, 6.45) is 1.43. The molecule has 2 aromatic carbocycles. The number of nitrogen functional groups attached to an aromatic ring is 1. The van der Waals surface area contributed by atoms with Gasteiger partial charge in [-0.3, -0.25) is 4.79 Å². The summed E-state index contributed by atoms with van der Waals surface area (Å²) in [5, 5.41) is 2.94. The zero-order valence-corrected chi connectivity index (χ0v) is 14.7. The van der Waals surface area contributed by atoms with Crippen LogP contribution in [0.25, 0.3) is 0 Å². The van der Waals surface area contributed by atoms with Gasteiger partial charge in [0.1, 0.15) is 11.4 Å². The first kappa shape index (κ1) is 16.8. The minimum Gasteiger partial charge on any atom is -0.454 e. The van der Waals surface area contributed by atoms with Crippen molar-refractivity contribution in [1.82, 2.24) is 0 Å². The van der Waals surface area contributed by atoms with Crippen LogP contribution in [0.15, 0.2) is 46.9 Å². The highest BCUT2D eigenvalue weighted by atomic mass is 79.9. The van der Waals surface area contributed by atoms with Crippen LogP contribution in [0.4, 0.5) is 11.4 Å². The first-order valence-corrected chi connectivity index (χ1v) is 8.64. The number of amides is 1. The summed E-state index contributed by atoms with van der Waals surface area (Å²) in [4.78, 5) is 12.5. The van der Waals surface area contributed by atoms with Crippen molar-refractivity contribution in [3.8, 4) is 11.5 Å². The third kappa shape index (κ3) is 3.88. The number of benzene rings is 2. The predicted molar refractivity (Wildman–Crippen MR) is 97.2 cm³/mol. The summed E-state index contributed by atoms with van der Waals surface area (Å²) in [6, 6.07) is 12.9. The summed E-state index contributed by atoms with van der Waals surface area (Å²) < 4.78 is 12.0. The first-order chi connectivity index (χ1) is 11.6. The minimum atomic E-state index is -0.0679. The van der Waals surface area contributed by atoms with Crippen LogP contribution in [0.3, 0.4) is 0 Å². The first-order valence-electron chi connectivity index (χ1n) is 7.84. The third-order valence-electron chi connectivity index (χ3n) is 3.95. The summed E-state index contributed by atoms with van der Waals surface area (Å²) in [5.74, 6) is 1.05. The van der Waals surface area contributed by atoms with Gasteiger partial charge in [-0.05, 0) is 53.0 Å². The molecule has 126 valence electrons. The van der Waals surface area contributed by atoms with Gasteiger partial charge in [-0.25, -0.2) is 0 Å². The van der Waals surface area contributed by atoms with Crippen LogP contribution in [-0.2, 0) is 9.53 Å². The van der Waals surface area contributed by atoms with Crippen molar-refractivity contribution in [1.29, 1.82) is 0 Å². The number of halogens is 1. The van der Waals surface area contributed by atoms with E-state index in [0.717, 1.165) is 4.47 Å². The Morgan fingerprint density at radius 2 is 1.88 bits per heavy atom. The van der Waals surface area contributed by atoms with Gasteiger partial charge in [0.15, 0.2) is 5.75 Å². The molecule has 1 aliphatic heterocycles. The van der Waals surface area contributed by atoms with E-state index >= 15 is 0 Å². The fourth-order valence-corrected chi connectivity index (χ4v) is 3.00. The molecule has 1 amide bonds. The van der Waals surface area contributed by atoms with Crippen molar-refractivity contribution in [2.24, 2.45) is 5.92 Å². The molecule has 1 saturated heterocycles. The molecular formula is C18H19BrN2O3. The maximum absolute atomic E-state index is 12.5. The molecular weight excluding hydrogens is 372 g/mol. The van der Waals surface area contributed by atoms with E-state index in [-0.39, 0.29) is 11.8 Å². The molecule has 0 aromatic heterocycles. The number of nitrogens with one attached hydrogen (secondary N) is 1. The highest BCUT2D eigenvalue weighted by molar-refractivity contribution is 9.10. The van der Waals surface area contributed by atoms with Crippen LogP contribution in [0.2, 0.25) is 0 Å². The van der Waals surface area contributed by atoms with Crippen LogP contribution in [0.5, 0.6) is 11.5 Å². The van der Waals surface area contributed by atoms with Gasteiger partial charge in [0, 0.05) is 19.1 Å². The molecule has 0 spiro atoms. The van der Waals surface area contributed by atoms with Gasteiger partial charge in [-0.15, -0.1) is 0 Å². The Bertz CT molecular complexity index is 716. The van der Waals surface area contributed by atoms with Crippen molar-refractivity contribution in [2.45, 2.75) is 12.8 Å². The van der Waals surface area contributed by atoms with E-state index in [2.05, 4.69) is 21.2 Å². The molecule has 24 heavy (non-hydrogen) atoms. The van der Waals surface area contributed by atoms with Crippen molar-refractivity contribution in [3.63, 3.8) is 0 Å². The predicted octanol–water partition coefficient (Wildman–Crippen LogP) is 4.19. The Hall–Kier alpha value is -2.05. The number of nitrogens with two attached hydrogens (primary N) is 1. The standard InChI is InChI=1S/C18H19BrN2O3/c19-14-6-7-15(20)16(17(14)24-13-4-2-1-3-5-13)21-18(22)12-8-10-23-11-9-12/h1-7,12H,8-11,20H2,(H,21,22). The van der Waals surface area contributed by atoms with Crippen molar-refractivity contribution in [2.75, 3.05) is 24.3 Å². The molecule has 6 heteroatoms. The summed E-state index contributed by atoms with van der Waals surface area (Å²) in [7, 11) is 0. The SMILES string of the molecule is Nc1ccc(Br)c(Oc2ccccc2)c1NC(=O)C1CCOCC1. The summed E-state index contributed by atoms with van der Waals surface area (Å²) in [6.45, 7) is 1.22. The zero-order chi connectivity index (χ0) is 16.9. The number of anilines is 2. The Labute approximate surface area is 149 Å². The van der Waals surface area contributed by atoms with Crippen molar-refractivity contribution in [3.05, 3.63) is 46.9 Å². The summed E-state index contributed by atoms with van der Waals surface area (Å²) >= 11 is 3.47. The fraction of sp³-hybridized carbons (Fsp3) is 0.278. The van der Waals surface area contributed by atoms with Crippen molar-refractivity contribution >= 4 is 33.2 Å². The quantitative estimate of drug-likeness (QED) is 0.767. The van der Waals surface area contributed by atoms with E-state index in [4.69, 9.17) is 15.2 Å². The van der Waals surface area contributed by atoms with Crippen LogP contribution >= 0.6 is 15.9 Å². The molecule has 0 radical (unpaired) electrons. The normalized spacial score (nSPS) is 15.0. The highest BCUT2D eigenvalue weighted by Crippen LogP contribution is 2.41. The Morgan fingerprint density at radius 3 is 2.58 bits per heavy atom. The number of hydrogen-bond donors (Lipinski definition) is 2. The van der Waals surface area contributed by atoms with Gasteiger partial charge in [0.25, 0.3) is 0 Å². The molecule has 3 N–H and O–H groups in total. The van der Waals surface area contributed by atoms with Crippen LogP contribution < -0.4 is 15.8 Å². The lowest BCUT2D eigenvalue weighted by Gasteiger charge is -2.23. The number of para-hydroxylation sites is 1. The lowest BCUT2D eigenvalue weighted by atomic mass is 9.99. The van der Waals surface area contributed by atoms with Gasteiger partial charge in [0.05, 0.1) is 10.2 Å². The zero-order valence-electron chi connectivity index (χ0n) is 13.1. The number of carbonyl (C=O) groups is 1. The van der Waals surface area contributed by atoms with Gasteiger partial charge < -0.3 is 20.5 Å². The maximum Gasteiger partial charge on any atom is 0.227 e. The average Bonchev–Trinajstić information content (AvgIpc) is 2.62. The molecule has 1 heterocycles. The molecule has 0 aliphatic carbocycles. The molecule has 1 aliphatic rings. The highest BCUT2D eigenvalue weighted by Gasteiger charge is 2.24. The second kappa shape index (κ2) is 7.68. The van der Waals surface area contributed by atoms with Gasteiger partial charge in [0.2, 0.25) is 5.91 Å². The average molecular weight is 391 g/mol. The van der Waals surface area contributed by atoms with Gasteiger partial charge in [-0.2, -0.15) is 0 Å². The fourth-order valence-electron chi connectivity index (χ4n) is 2.59. The van der Waals surface area contributed by atoms with Crippen LogP contribution in [-0.4, -0.2) is 19.1 Å². The Morgan fingerprint density at radius 1 is 1.17 bits per heavy atom. The minimum absolute atomic E-state index is 0.0546. The van der Waals surface area contributed by atoms with Gasteiger partial charge in [-0.1, -0.05) is 18.2 Å². The molecule has 5 nitrogen and oxygen atoms in total. The van der Waals surface area contributed by atoms with E-state index in [1.54, 1.807) is 12.1 Å². The Balaban J connectivity index is 1.86. The molecule has 0 saturated carbocycles. The van der Waals surface area contributed by atoms with Gasteiger partial charge >= 0.3 is 0 Å². The van der Waals surface area contributed by atoms with E-state index in [1.807, 2.05) is 30.3 Å².